The molecule has 1 saturated carbocycles. The van der Waals surface area contributed by atoms with Crippen LogP contribution in [-0.4, -0.2) is 23.9 Å². The molecule has 1 amide bonds. The van der Waals surface area contributed by atoms with Crippen molar-refractivity contribution in [1.29, 1.82) is 0 Å². The molecule has 1 aliphatic carbocycles. The number of fused-ring (bicyclic) bond motifs is 1. The Morgan fingerprint density at radius 1 is 1.42 bits per heavy atom. The molecule has 6 nitrogen and oxygen atoms in total. The van der Waals surface area contributed by atoms with Gasteiger partial charge in [0.1, 0.15) is 5.76 Å². The summed E-state index contributed by atoms with van der Waals surface area (Å²) in [6.45, 7) is 1.86. The number of rotatable bonds is 3. The van der Waals surface area contributed by atoms with Crippen LogP contribution in [0.25, 0.3) is 10.4 Å². The molecular formula is C13H16N4O2. The summed E-state index contributed by atoms with van der Waals surface area (Å²) in [6.07, 6.45) is 3.79. The van der Waals surface area contributed by atoms with Crippen LogP contribution in [-0.2, 0) is 6.54 Å². The van der Waals surface area contributed by atoms with Crippen molar-refractivity contribution in [3.8, 4) is 0 Å². The monoisotopic (exact) mass is 260 g/mol. The van der Waals surface area contributed by atoms with Gasteiger partial charge in [-0.2, -0.15) is 0 Å². The van der Waals surface area contributed by atoms with Gasteiger partial charge < -0.3 is 9.32 Å². The maximum absolute atomic E-state index is 12.3. The molecule has 2 heterocycles. The summed E-state index contributed by atoms with van der Waals surface area (Å²) in [4.78, 5) is 16.9. The minimum atomic E-state index is -0.0402. The predicted octanol–water partition coefficient (Wildman–Crippen LogP) is 2.96. The molecule has 2 fully saturated rings. The van der Waals surface area contributed by atoms with Gasteiger partial charge in [0, 0.05) is 18.0 Å². The third-order valence-electron chi connectivity index (χ3n) is 4.18. The number of amides is 1. The first kappa shape index (κ1) is 12.1. The lowest BCUT2D eigenvalue weighted by atomic mass is 10.0. The summed E-state index contributed by atoms with van der Waals surface area (Å²) in [5, 5.41) is 3.42. The van der Waals surface area contributed by atoms with E-state index in [1.54, 1.807) is 12.1 Å². The van der Waals surface area contributed by atoms with Crippen LogP contribution in [0.4, 0.5) is 0 Å². The second-order valence-corrected chi connectivity index (χ2v) is 5.32. The van der Waals surface area contributed by atoms with Gasteiger partial charge in [-0.1, -0.05) is 11.5 Å². The van der Waals surface area contributed by atoms with Gasteiger partial charge in [0.15, 0.2) is 5.76 Å². The number of likely N-dealkylation sites (tertiary alicyclic amines) is 1. The molecule has 100 valence electrons. The van der Waals surface area contributed by atoms with Gasteiger partial charge in [0.05, 0.1) is 6.54 Å². The van der Waals surface area contributed by atoms with E-state index in [0.717, 1.165) is 13.1 Å². The molecule has 1 aromatic rings. The molecule has 3 rings (SSSR count). The topological polar surface area (TPSA) is 82.2 Å². The van der Waals surface area contributed by atoms with Crippen molar-refractivity contribution in [2.24, 2.45) is 17.0 Å². The highest BCUT2D eigenvalue weighted by molar-refractivity contribution is 5.91. The molecule has 0 radical (unpaired) electrons. The van der Waals surface area contributed by atoms with Crippen molar-refractivity contribution in [3.63, 3.8) is 0 Å². The van der Waals surface area contributed by atoms with E-state index < -0.39 is 0 Å². The van der Waals surface area contributed by atoms with Crippen molar-refractivity contribution in [1.82, 2.24) is 4.90 Å². The van der Waals surface area contributed by atoms with E-state index in [0.29, 0.717) is 23.4 Å². The molecule has 1 aromatic heterocycles. The number of furan rings is 1. The summed E-state index contributed by atoms with van der Waals surface area (Å²) >= 11 is 0. The maximum Gasteiger partial charge on any atom is 0.289 e. The van der Waals surface area contributed by atoms with Crippen LogP contribution < -0.4 is 0 Å². The summed E-state index contributed by atoms with van der Waals surface area (Å²) in [5.41, 5.74) is 8.25. The van der Waals surface area contributed by atoms with Crippen LogP contribution >= 0.6 is 0 Å². The van der Waals surface area contributed by atoms with Gasteiger partial charge in [-0.05, 0) is 42.3 Å². The minimum Gasteiger partial charge on any atom is -0.456 e. The molecule has 1 saturated heterocycles. The number of azide groups is 1. The zero-order valence-electron chi connectivity index (χ0n) is 10.7. The van der Waals surface area contributed by atoms with E-state index in [4.69, 9.17) is 9.95 Å². The zero-order chi connectivity index (χ0) is 13.2. The minimum absolute atomic E-state index is 0.0402. The Morgan fingerprint density at radius 3 is 2.84 bits per heavy atom. The summed E-state index contributed by atoms with van der Waals surface area (Å²) < 4.78 is 5.43. The van der Waals surface area contributed by atoms with Gasteiger partial charge in [0.25, 0.3) is 5.91 Å². The van der Waals surface area contributed by atoms with Crippen LogP contribution in [0.15, 0.2) is 21.7 Å². The Balaban J connectivity index is 1.67. The Bertz CT molecular complexity index is 521. The van der Waals surface area contributed by atoms with Gasteiger partial charge in [-0.3, -0.25) is 4.79 Å². The molecule has 2 unspecified atom stereocenters. The van der Waals surface area contributed by atoms with E-state index in [-0.39, 0.29) is 12.5 Å². The third kappa shape index (κ3) is 2.31. The van der Waals surface area contributed by atoms with Crippen LogP contribution in [0.5, 0.6) is 0 Å². The molecular weight excluding hydrogens is 244 g/mol. The van der Waals surface area contributed by atoms with E-state index >= 15 is 0 Å². The average Bonchev–Trinajstić information content (AvgIpc) is 3.10. The molecule has 0 bridgehead atoms. The highest BCUT2D eigenvalue weighted by Gasteiger charge is 2.38. The number of nitrogens with zero attached hydrogens (tertiary/aromatic N) is 4. The van der Waals surface area contributed by atoms with Gasteiger partial charge in [-0.15, -0.1) is 0 Å². The molecule has 2 atom stereocenters. The largest absolute Gasteiger partial charge is 0.456 e. The lowest BCUT2D eigenvalue weighted by Crippen LogP contribution is -2.29. The second kappa shape index (κ2) is 4.97. The number of carbonyl (C=O) groups is 1. The lowest BCUT2D eigenvalue weighted by molar-refractivity contribution is 0.0747. The highest BCUT2D eigenvalue weighted by Crippen LogP contribution is 2.38. The average molecular weight is 260 g/mol. The van der Waals surface area contributed by atoms with E-state index in [2.05, 4.69) is 10.0 Å². The fourth-order valence-electron chi connectivity index (χ4n) is 3.24. The Morgan fingerprint density at radius 2 is 2.16 bits per heavy atom. The van der Waals surface area contributed by atoms with Crippen molar-refractivity contribution in [2.75, 3.05) is 13.1 Å². The molecule has 19 heavy (non-hydrogen) atoms. The summed E-state index contributed by atoms with van der Waals surface area (Å²) in [7, 11) is 0. The van der Waals surface area contributed by atoms with Crippen LogP contribution in [0.3, 0.4) is 0 Å². The molecule has 0 spiro atoms. The first-order valence-corrected chi connectivity index (χ1v) is 6.67. The predicted molar refractivity (Wildman–Crippen MR) is 68.3 cm³/mol. The number of carbonyl (C=O) groups excluding carboxylic acids is 1. The Labute approximate surface area is 111 Å². The fraction of sp³-hybridized carbons (Fsp3) is 0.615. The molecule has 1 aliphatic heterocycles. The van der Waals surface area contributed by atoms with Crippen molar-refractivity contribution in [2.45, 2.75) is 25.8 Å². The van der Waals surface area contributed by atoms with Gasteiger partial charge in [-0.25, -0.2) is 0 Å². The van der Waals surface area contributed by atoms with E-state index in [1.165, 1.54) is 19.3 Å². The van der Waals surface area contributed by atoms with Crippen LogP contribution in [0.1, 0.15) is 35.6 Å². The second-order valence-electron chi connectivity index (χ2n) is 5.32. The van der Waals surface area contributed by atoms with Gasteiger partial charge in [0.2, 0.25) is 0 Å². The highest BCUT2D eigenvalue weighted by atomic mass is 16.4. The molecule has 0 N–H and O–H groups in total. The number of hydrogen-bond acceptors (Lipinski definition) is 3. The smallest absolute Gasteiger partial charge is 0.289 e. The molecule has 2 aliphatic rings. The van der Waals surface area contributed by atoms with Crippen molar-refractivity contribution < 1.29 is 9.21 Å². The standard InChI is InChI=1S/C13H16N4O2/c14-16-15-6-11-4-5-12(19-11)13(18)17-7-9-2-1-3-10(9)8-17/h4-5,9-10H,1-3,6-8H2. The van der Waals surface area contributed by atoms with Crippen LogP contribution in [0, 0.1) is 11.8 Å². The SMILES string of the molecule is [N-]=[N+]=NCc1ccc(C(=O)N2CC3CCCC3C2)o1. The van der Waals surface area contributed by atoms with E-state index in [1.807, 2.05) is 4.90 Å². The normalized spacial score (nSPS) is 25.2. The summed E-state index contributed by atoms with van der Waals surface area (Å²) in [6, 6.07) is 3.36. The Hall–Kier alpha value is -1.94. The quantitative estimate of drug-likeness (QED) is 0.475. The lowest BCUT2D eigenvalue weighted by Gasteiger charge is -2.15. The van der Waals surface area contributed by atoms with Crippen molar-refractivity contribution >= 4 is 5.91 Å². The van der Waals surface area contributed by atoms with Crippen LogP contribution in [0.2, 0.25) is 0 Å². The van der Waals surface area contributed by atoms with Gasteiger partial charge >= 0.3 is 0 Å². The van der Waals surface area contributed by atoms with Crippen molar-refractivity contribution in [3.05, 3.63) is 34.1 Å². The molecule has 6 heteroatoms. The first-order chi connectivity index (χ1) is 9.28. The summed E-state index contributed by atoms with van der Waals surface area (Å²) in [5.74, 6) is 2.20. The van der Waals surface area contributed by atoms with E-state index in [9.17, 15) is 4.79 Å². The first-order valence-electron chi connectivity index (χ1n) is 6.67. The fourth-order valence-corrected chi connectivity index (χ4v) is 3.24. The Kier molecular flexibility index (Phi) is 3.17. The number of hydrogen-bond donors (Lipinski definition) is 0. The molecule has 0 aromatic carbocycles. The maximum atomic E-state index is 12.3. The third-order valence-corrected chi connectivity index (χ3v) is 4.18. The zero-order valence-corrected chi connectivity index (χ0v) is 10.7.